The van der Waals surface area contributed by atoms with Gasteiger partial charge in [0.25, 0.3) is 0 Å². The molecule has 0 radical (unpaired) electrons. The van der Waals surface area contributed by atoms with E-state index in [4.69, 9.17) is 4.74 Å². The van der Waals surface area contributed by atoms with Crippen LogP contribution in [0.2, 0.25) is 0 Å². The van der Waals surface area contributed by atoms with Crippen molar-refractivity contribution in [3.8, 4) is 0 Å². The van der Waals surface area contributed by atoms with Crippen molar-refractivity contribution in [1.29, 1.82) is 0 Å². The molecule has 0 spiro atoms. The minimum Gasteiger partial charge on any atom is -0.444 e. The molecule has 0 saturated carbocycles. The SMILES string of the molecule is CC/C=C(/C=C\NCCCC(C)NC(=O)OC(C)(C)C)C(C)(C(C)C)C(F)(F)F. The first kappa shape index (κ1) is 27.3. The number of allylic oxidation sites excluding steroid dienone is 3. The van der Waals surface area contributed by atoms with E-state index in [2.05, 4.69) is 10.6 Å². The highest BCUT2D eigenvalue weighted by atomic mass is 19.4. The average Bonchev–Trinajstić information content (AvgIpc) is 2.52. The number of nitrogens with one attached hydrogen (secondary N) is 2. The molecule has 7 heteroatoms. The fourth-order valence-corrected chi connectivity index (χ4v) is 2.82. The Balaban J connectivity index is 4.63. The van der Waals surface area contributed by atoms with Crippen LogP contribution in [0.15, 0.2) is 23.9 Å². The van der Waals surface area contributed by atoms with Gasteiger partial charge in [0.05, 0.1) is 5.41 Å². The zero-order chi connectivity index (χ0) is 22.9. The van der Waals surface area contributed by atoms with Crippen molar-refractivity contribution in [2.24, 2.45) is 11.3 Å². The summed E-state index contributed by atoms with van der Waals surface area (Å²) in [6, 6.07) is -0.0550. The Morgan fingerprint density at radius 3 is 2.14 bits per heavy atom. The van der Waals surface area contributed by atoms with Crippen LogP contribution in [-0.4, -0.2) is 30.5 Å². The maximum absolute atomic E-state index is 13.7. The van der Waals surface area contributed by atoms with Crippen molar-refractivity contribution in [1.82, 2.24) is 10.6 Å². The fourth-order valence-electron chi connectivity index (χ4n) is 2.82. The molecule has 0 aliphatic heterocycles. The Hall–Kier alpha value is -1.66. The Bertz CT molecular complexity index is 563. The number of rotatable bonds is 10. The second-order valence-electron chi connectivity index (χ2n) is 8.90. The van der Waals surface area contributed by atoms with E-state index in [1.54, 1.807) is 46.9 Å². The molecule has 2 N–H and O–H groups in total. The molecule has 1 amide bonds. The lowest BCUT2D eigenvalue weighted by atomic mass is 9.71. The number of halogens is 3. The lowest BCUT2D eigenvalue weighted by Crippen LogP contribution is -2.41. The highest BCUT2D eigenvalue weighted by molar-refractivity contribution is 5.67. The maximum atomic E-state index is 13.7. The molecule has 2 atom stereocenters. The van der Waals surface area contributed by atoms with E-state index >= 15 is 0 Å². The van der Waals surface area contributed by atoms with Gasteiger partial charge in [0.1, 0.15) is 5.60 Å². The van der Waals surface area contributed by atoms with E-state index in [0.717, 1.165) is 12.8 Å². The van der Waals surface area contributed by atoms with Gasteiger partial charge in [0.2, 0.25) is 0 Å². The first-order chi connectivity index (χ1) is 13.1. The molecule has 0 aromatic rings. The Morgan fingerprint density at radius 2 is 1.69 bits per heavy atom. The molecule has 2 unspecified atom stereocenters. The van der Waals surface area contributed by atoms with Crippen LogP contribution in [0.5, 0.6) is 0 Å². The molecule has 0 aliphatic rings. The largest absolute Gasteiger partial charge is 0.444 e. The lowest BCUT2D eigenvalue weighted by molar-refractivity contribution is -0.216. The Morgan fingerprint density at radius 1 is 1.10 bits per heavy atom. The van der Waals surface area contributed by atoms with Gasteiger partial charge in [0, 0.05) is 12.6 Å². The molecular weight excluding hydrogens is 381 g/mol. The number of hydrogen-bond acceptors (Lipinski definition) is 3. The summed E-state index contributed by atoms with van der Waals surface area (Å²) in [5.41, 5.74) is -2.16. The first-order valence-corrected chi connectivity index (χ1v) is 10.3. The highest BCUT2D eigenvalue weighted by Crippen LogP contribution is 2.49. The Kier molecular flexibility index (Phi) is 10.8. The summed E-state index contributed by atoms with van der Waals surface area (Å²) in [4.78, 5) is 11.7. The molecule has 170 valence electrons. The Labute approximate surface area is 174 Å². The van der Waals surface area contributed by atoms with Crippen LogP contribution in [-0.2, 0) is 4.74 Å². The van der Waals surface area contributed by atoms with Gasteiger partial charge in [-0.1, -0.05) is 26.8 Å². The summed E-state index contributed by atoms with van der Waals surface area (Å²) in [7, 11) is 0. The van der Waals surface area contributed by atoms with E-state index in [1.807, 2.05) is 13.8 Å². The van der Waals surface area contributed by atoms with Crippen LogP contribution in [0.3, 0.4) is 0 Å². The van der Waals surface area contributed by atoms with Crippen molar-refractivity contribution >= 4 is 6.09 Å². The minimum absolute atomic E-state index is 0.0550. The molecule has 0 aliphatic carbocycles. The van der Waals surface area contributed by atoms with Crippen LogP contribution in [0.25, 0.3) is 0 Å². The maximum Gasteiger partial charge on any atom is 0.407 e. The summed E-state index contributed by atoms with van der Waals surface area (Å²) < 4.78 is 46.3. The third kappa shape index (κ3) is 9.59. The van der Waals surface area contributed by atoms with Gasteiger partial charge >= 0.3 is 12.3 Å². The van der Waals surface area contributed by atoms with Gasteiger partial charge in [0.15, 0.2) is 0 Å². The second kappa shape index (κ2) is 11.5. The minimum atomic E-state index is -4.32. The van der Waals surface area contributed by atoms with Crippen LogP contribution in [0.4, 0.5) is 18.0 Å². The summed E-state index contributed by atoms with van der Waals surface area (Å²) in [6.45, 7) is 14.2. The van der Waals surface area contributed by atoms with Gasteiger partial charge in [-0.05, 0) is 77.6 Å². The molecule has 0 rings (SSSR count). The monoisotopic (exact) mass is 420 g/mol. The van der Waals surface area contributed by atoms with Crippen molar-refractivity contribution in [3.63, 3.8) is 0 Å². The summed E-state index contributed by atoms with van der Waals surface area (Å²) in [5.74, 6) is -0.579. The number of alkyl carbamates (subject to hydrolysis) is 1. The molecule has 0 heterocycles. The number of alkyl halides is 3. The van der Waals surface area contributed by atoms with Crippen LogP contribution in [0.1, 0.15) is 74.7 Å². The van der Waals surface area contributed by atoms with Crippen molar-refractivity contribution < 1.29 is 22.7 Å². The fraction of sp³-hybridized carbons (Fsp3) is 0.773. The number of ether oxygens (including phenoxy) is 1. The van der Waals surface area contributed by atoms with Crippen LogP contribution < -0.4 is 10.6 Å². The molecule has 0 saturated heterocycles. The summed E-state index contributed by atoms with van der Waals surface area (Å²) in [5, 5.41) is 5.82. The number of amides is 1. The normalized spacial score (nSPS) is 16.6. The van der Waals surface area contributed by atoms with Crippen LogP contribution in [0, 0.1) is 11.3 Å². The molecule has 0 aromatic carbocycles. The standard InChI is InChI=1S/C22H39F3N2O2/c1-9-11-18(21(8,16(2)3)22(23,24)25)13-15-26-14-10-12-17(4)27-19(28)29-20(5,6)7/h11,13,15-17,26H,9-10,12,14H2,1-8H3,(H,27,28)/b15-13-,18-11-. The van der Waals surface area contributed by atoms with Crippen molar-refractivity contribution in [3.05, 3.63) is 23.9 Å². The van der Waals surface area contributed by atoms with Gasteiger partial charge in [-0.15, -0.1) is 0 Å². The van der Waals surface area contributed by atoms with E-state index < -0.39 is 29.2 Å². The predicted octanol–water partition coefficient (Wildman–Crippen LogP) is 6.34. The highest BCUT2D eigenvalue weighted by Gasteiger charge is 2.54. The lowest BCUT2D eigenvalue weighted by Gasteiger charge is -2.37. The van der Waals surface area contributed by atoms with E-state index in [-0.39, 0.29) is 11.6 Å². The summed E-state index contributed by atoms with van der Waals surface area (Å²) in [6.07, 6.45) is 1.99. The molecule has 0 fully saturated rings. The first-order valence-electron chi connectivity index (χ1n) is 10.3. The van der Waals surface area contributed by atoms with E-state index in [9.17, 15) is 18.0 Å². The average molecular weight is 421 g/mol. The molecule has 0 aromatic heterocycles. The topological polar surface area (TPSA) is 50.4 Å². The molecule has 29 heavy (non-hydrogen) atoms. The van der Waals surface area contributed by atoms with Crippen molar-refractivity contribution in [2.45, 2.75) is 92.5 Å². The number of carbonyl (C=O) groups is 1. The second-order valence-corrected chi connectivity index (χ2v) is 8.90. The van der Waals surface area contributed by atoms with Gasteiger partial charge in [-0.25, -0.2) is 4.79 Å². The third-order valence-corrected chi connectivity index (χ3v) is 4.87. The van der Waals surface area contributed by atoms with Gasteiger partial charge < -0.3 is 15.4 Å². The van der Waals surface area contributed by atoms with Crippen LogP contribution >= 0.6 is 0 Å². The number of hydrogen-bond donors (Lipinski definition) is 2. The van der Waals surface area contributed by atoms with Gasteiger partial charge in [-0.3, -0.25) is 0 Å². The van der Waals surface area contributed by atoms with Crippen molar-refractivity contribution in [2.75, 3.05) is 6.54 Å². The summed E-state index contributed by atoms with van der Waals surface area (Å²) >= 11 is 0. The predicted molar refractivity (Wildman–Crippen MR) is 113 cm³/mol. The molecular formula is C22H39F3N2O2. The number of carbonyl (C=O) groups excluding carboxylic acids is 1. The van der Waals surface area contributed by atoms with E-state index in [0.29, 0.717) is 13.0 Å². The van der Waals surface area contributed by atoms with Gasteiger partial charge in [-0.2, -0.15) is 13.2 Å². The van der Waals surface area contributed by atoms with E-state index in [1.165, 1.54) is 13.0 Å². The molecule has 0 bridgehead atoms. The zero-order valence-corrected chi connectivity index (χ0v) is 19.2. The quantitative estimate of drug-likeness (QED) is 0.320. The smallest absolute Gasteiger partial charge is 0.407 e. The zero-order valence-electron chi connectivity index (χ0n) is 19.2. The third-order valence-electron chi connectivity index (χ3n) is 4.87. The molecule has 4 nitrogen and oxygen atoms in total.